The zero-order valence-corrected chi connectivity index (χ0v) is 9.31. The average Bonchev–Trinajstić information content (AvgIpc) is 2.70. The number of carbonyl (C=O) groups is 1. The Bertz CT molecular complexity index is 324. The average molecular weight is 228 g/mol. The van der Waals surface area contributed by atoms with Crippen molar-refractivity contribution in [2.75, 3.05) is 13.2 Å². The summed E-state index contributed by atoms with van der Waals surface area (Å²) in [5.41, 5.74) is 0. The zero-order chi connectivity index (χ0) is 11.8. The Morgan fingerprint density at radius 1 is 1.31 bits per heavy atom. The van der Waals surface area contributed by atoms with E-state index in [0.717, 1.165) is 13.0 Å². The highest BCUT2D eigenvalue weighted by Gasteiger charge is 2.07. The summed E-state index contributed by atoms with van der Waals surface area (Å²) in [5, 5.41) is 16.0. The van der Waals surface area contributed by atoms with Crippen molar-refractivity contribution < 1.29 is 19.1 Å². The number of hydrogen-bond donors (Lipinski definition) is 1. The minimum atomic E-state index is -0.869. The second kappa shape index (κ2) is 6.95. The van der Waals surface area contributed by atoms with Gasteiger partial charge in [0.1, 0.15) is 0 Å². The zero-order valence-electron chi connectivity index (χ0n) is 9.31. The summed E-state index contributed by atoms with van der Waals surface area (Å²) in [4.78, 5) is 10.3. The van der Waals surface area contributed by atoms with Gasteiger partial charge in [0.2, 0.25) is 11.8 Å². The standard InChI is InChI=1S/C10H16N2O4/c1-2-6-15-7-5-9-12-11-8(16-9)3-4-10(13)14/h2-7H2,1H3,(H,13,14). The summed E-state index contributed by atoms with van der Waals surface area (Å²) in [6.45, 7) is 3.31. The smallest absolute Gasteiger partial charge is 0.303 e. The SMILES string of the molecule is CCCOCCc1nnc(CCC(=O)O)o1. The molecule has 6 heteroatoms. The Balaban J connectivity index is 2.25. The van der Waals surface area contributed by atoms with E-state index in [9.17, 15) is 4.79 Å². The first kappa shape index (κ1) is 12.6. The van der Waals surface area contributed by atoms with Gasteiger partial charge in [-0.2, -0.15) is 0 Å². The van der Waals surface area contributed by atoms with Gasteiger partial charge in [0, 0.05) is 19.4 Å². The van der Waals surface area contributed by atoms with Crippen molar-refractivity contribution in [1.29, 1.82) is 0 Å². The molecule has 0 aliphatic carbocycles. The molecule has 0 aromatic carbocycles. The number of rotatable bonds is 8. The van der Waals surface area contributed by atoms with Crippen LogP contribution in [0.25, 0.3) is 0 Å². The van der Waals surface area contributed by atoms with E-state index in [1.165, 1.54) is 0 Å². The van der Waals surface area contributed by atoms with E-state index < -0.39 is 5.97 Å². The minimum Gasteiger partial charge on any atom is -0.481 e. The molecule has 0 unspecified atom stereocenters. The third kappa shape index (κ3) is 4.88. The van der Waals surface area contributed by atoms with Gasteiger partial charge in [-0.05, 0) is 6.42 Å². The topological polar surface area (TPSA) is 85.5 Å². The van der Waals surface area contributed by atoms with Crippen molar-refractivity contribution in [3.8, 4) is 0 Å². The van der Waals surface area contributed by atoms with Crippen molar-refractivity contribution in [3.63, 3.8) is 0 Å². The minimum absolute atomic E-state index is 0.00790. The lowest BCUT2D eigenvalue weighted by molar-refractivity contribution is -0.137. The predicted molar refractivity (Wildman–Crippen MR) is 55.1 cm³/mol. The van der Waals surface area contributed by atoms with Crippen molar-refractivity contribution in [2.24, 2.45) is 0 Å². The van der Waals surface area contributed by atoms with Crippen LogP contribution in [0.5, 0.6) is 0 Å². The molecular weight excluding hydrogens is 212 g/mol. The lowest BCUT2D eigenvalue weighted by Crippen LogP contribution is -1.99. The molecule has 0 fully saturated rings. The first-order valence-electron chi connectivity index (χ1n) is 5.33. The van der Waals surface area contributed by atoms with Gasteiger partial charge in [0.25, 0.3) is 0 Å². The van der Waals surface area contributed by atoms with Crippen LogP contribution in [-0.2, 0) is 22.4 Å². The van der Waals surface area contributed by atoms with Crippen LogP contribution >= 0.6 is 0 Å². The van der Waals surface area contributed by atoms with Crippen LogP contribution in [0.3, 0.4) is 0 Å². The van der Waals surface area contributed by atoms with Crippen LogP contribution in [0.2, 0.25) is 0 Å². The maximum absolute atomic E-state index is 10.3. The van der Waals surface area contributed by atoms with Crippen LogP contribution in [0.15, 0.2) is 4.42 Å². The molecule has 0 bridgehead atoms. The van der Waals surface area contributed by atoms with Crippen molar-refractivity contribution in [3.05, 3.63) is 11.8 Å². The molecule has 0 amide bonds. The Hall–Kier alpha value is -1.43. The van der Waals surface area contributed by atoms with Gasteiger partial charge >= 0.3 is 5.97 Å². The normalized spacial score (nSPS) is 10.6. The molecular formula is C10H16N2O4. The summed E-state index contributed by atoms with van der Waals surface area (Å²) in [5.74, 6) is -0.00425. The first-order valence-corrected chi connectivity index (χ1v) is 5.33. The number of aliphatic carboxylic acids is 1. The second-order valence-corrected chi connectivity index (χ2v) is 3.35. The number of nitrogens with zero attached hydrogens (tertiary/aromatic N) is 2. The van der Waals surface area contributed by atoms with E-state index in [0.29, 0.717) is 24.8 Å². The van der Waals surface area contributed by atoms with Crippen LogP contribution < -0.4 is 0 Å². The van der Waals surface area contributed by atoms with Gasteiger partial charge < -0.3 is 14.3 Å². The monoisotopic (exact) mass is 228 g/mol. The molecule has 90 valence electrons. The Labute approximate surface area is 93.6 Å². The molecule has 1 rings (SSSR count). The van der Waals surface area contributed by atoms with Gasteiger partial charge in [-0.1, -0.05) is 6.92 Å². The Kier molecular flexibility index (Phi) is 5.49. The predicted octanol–water partition coefficient (Wildman–Crippen LogP) is 1.06. The van der Waals surface area contributed by atoms with E-state index in [-0.39, 0.29) is 12.8 Å². The number of aryl methyl sites for hydroxylation is 1. The molecule has 1 N–H and O–H groups in total. The molecule has 16 heavy (non-hydrogen) atoms. The van der Waals surface area contributed by atoms with E-state index in [1.54, 1.807) is 0 Å². The molecule has 6 nitrogen and oxygen atoms in total. The molecule has 1 aromatic heterocycles. The lowest BCUT2D eigenvalue weighted by atomic mass is 10.3. The lowest BCUT2D eigenvalue weighted by Gasteiger charge is -1.97. The number of aromatic nitrogens is 2. The number of ether oxygens (including phenoxy) is 1. The Morgan fingerprint density at radius 2 is 2.00 bits per heavy atom. The maximum atomic E-state index is 10.3. The molecule has 0 saturated heterocycles. The molecule has 0 atom stereocenters. The van der Waals surface area contributed by atoms with E-state index >= 15 is 0 Å². The maximum Gasteiger partial charge on any atom is 0.303 e. The second-order valence-electron chi connectivity index (χ2n) is 3.35. The van der Waals surface area contributed by atoms with Gasteiger partial charge in [-0.25, -0.2) is 0 Å². The summed E-state index contributed by atoms with van der Waals surface area (Å²) in [6.07, 6.45) is 1.83. The van der Waals surface area contributed by atoms with E-state index in [2.05, 4.69) is 10.2 Å². The summed E-state index contributed by atoms with van der Waals surface area (Å²) >= 11 is 0. The van der Waals surface area contributed by atoms with E-state index in [1.807, 2.05) is 6.92 Å². The van der Waals surface area contributed by atoms with Crippen molar-refractivity contribution in [2.45, 2.75) is 32.6 Å². The van der Waals surface area contributed by atoms with Crippen LogP contribution in [-0.4, -0.2) is 34.5 Å². The molecule has 0 aliphatic rings. The highest BCUT2D eigenvalue weighted by molar-refractivity contribution is 5.66. The fraction of sp³-hybridized carbons (Fsp3) is 0.700. The largest absolute Gasteiger partial charge is 0.481 e. The van der Waals surface area contributed by atoms with Crippen molar-refractivity contribution in [1.82, 2.24) is 10.2 Å². The van der Waals surface area contributed by atoms with Crippen molar-refractivity contribution >= 4 is 5.97 Å². The van der Waals surface area contributed by atoms with E-state index in [4.69, 9.17) is 14.3 Å². The number of hydrogen-bond acceptors (Lipinski definition) is 5. The quantitative estimate of drug-likeness (QED) is 0.669. The molecule has 1 heterocycles. The first-order chi connectivity index (χ1) is 7.72. The molecule has 1 aromatic rings. The van der Waals surface area contributed by atoms with Gasteiger partial charge in [0.05, 0.1) is 13.0 Å². The Morgan fingerprint density at radius 3 is 2.62 bits per heavy atom. The summed E-state index contributed by atoms with van der Waals surface area (Å²) in [7, 11) is 0. The van der Waals surface area contributed by atoms with Gasteiger partial charge in [-0.15, -0.1) is 10.2 Å². The number of carboxylic acid groups (broad SMARTS) is 1. The molecule has 0 radical (unpaired) electrons. The van der Waals surface area contributed by atoms with Gasteiger partial charge in [-0.3, -0.25) is 4.79 Å². The number of carboxylic acids is 1. The van der Waals surface area contributed by atoms with Crippen LogP contribution in [0.1, 0.15) is 31.5 Å². The third-order valence-corrected chi connectivity index (χ3v) is 1.87. The molecule has 0 aliphatic heterocycles. The van der Waals surface area contributed by atoms with Crippen LogP contribution in [0.4, 0.5) is 0 Å². The third-order valence-electron chi connectivity index (χ3n) is 1.87. The summed E-state index contributed by atoms with van der Waals surface area (Å²) < 4.78 is 10.5. The van der Waals surface area contributed by atoms with Crippen LogP contribution in [0, 0.1) is 0 Å². The highest BCUT2D eigenvalue weighted by Crippen LogP contribution is 2.03. The molecule has 0 spiro atoms. The fourth-order valence-corrected chi connectivity index (χ4v) is 1.11. The molecule has 0 saturated carbocycles. The summed E-state index contributed by atoms with van der Waals surface area (Å²) in [6, 6.07) is 0. The fourth-order valence-electron chi connectivity index (χ4n) is 1.11. The highest BCUT2D eigenvalue weighted by atomic mass is 16.5. The van der Waals surface area contributed by atoms with Gasteiger partial charge in [0.15, 0.2) is 0 Å².